The average molecular weight is 401 g/mol. The molecule has 1 aromatic carbocycles. The van der Waals surface area contributed by atoms with E-state index in [4.69, 9.17) is 0 Å². The van der Waals surface area contributed by atoms with Crippen LogP contribution in [0, 0.1) is 6.92 Å². The van der Waals surface area contributed by atoms with Crippen LogP contribution in [0.15, 0.2) is 42.6 Å². The Morgan fingerprint density at radius 2 is 1.82 bits per heavy atom. The number of carbonyl (C=O) groups excluding carboxylic acids is 2. The SMILES string of the molecule is Cc1ccc(N2C(=O)c3ccccc3C2CC(=O)N2CCN(C)CC2)nc1.Cl. The Bertz CT molecular complexity index is 863. The van der Waals surface area contributed by atoms with Crippen molar-refractivity contribution in [3.05, 3.63) is 59.3 Å². The van der Waals surface area contributed by atoms with Crippen LogP contribution in [0.4, 0.5) is 5.82 Å². The van der Waals surface area contributed by atoms with Crippen molar-refractivity contribution in [1.82, 2.24) is 14.8 Å². The summed E-state index contributed by atoms with van der Waals surface area (Å²) in [5, 5.41) is 0. The number of halogens is 1. The summed E-state index contributed by atoms with van der Waals surface area (Å²) in [6.07, 6.45) is 2.03. The lowest BCUT2D eigenvalue weighted by molar-refractivity contribution is -0.133. The Balaban J connectivity index is 0.00000225. The quantitative estimate of drug-likeness (QED) is 0.794. The van der Waals surface area contributed by atoms with Gasteiger partial charge in [-0.1, -0.05) is 24.3 Å². The normalized spacial score (nSPS) is 19.4. The molecule has 1 atom stereocenters. The standard InChI is InChI=1S/C21H24N4O2.ClH/c1-15-7-8-19(22-14-15)25-18(16-5-3-4-6-17(16)21(25)27)13-20(26)24-11-9-23(2)10-12-24;/h3-8,14,18H,9-13H2,1-2H3;1H. The van der Waals surface area contributed by atoms with Gasteiger partial charge in [0, 0.05) is 37.9 Å². The molecular formula is C21H25ClN4O2. The van der Waals surface area contributed by atoms with Crippen molar-refractivity contribution < 1.29 is 9.59 Å². The highest BCUT2D eigenvalue weighted by atomic mass is 35.5. The number of fused-ring (bicyclic) bond motifs is 1. The predicted molar refractivity (Wildman–Crippen MR) is 111 cm³/mol. The van der Waals surface area contributed by atoms with Gasteiger partial charge in [-0.25, -0.2) is 4.98 Å². The fraction of sp³-hybridized carbons (Fsp3) is 0.381. The monoisotopic (exact) mass is 400 g/mol. The Hall–Kier alpha value is -2.44. The van der Waals surface area contributed by atoms with Crippen LogP contribution in [0.3, 0.4) is 0 Å². The molecule has 0 N–H and O–H groups in total. The molecule has 1 fully saturated rings. The maximum atomic E-state index is 13.0. The van der Waals surface area contributed by atoms with Crippen molar-refractivity contribution in [1.29, 1.82) is 0 Å². The maximum Gasteiger partial charge on any atom is 0.260 e. The van der Waals surface area contributed by atoms with Crippen molar-refractivity contribution in [2.45, 2.75) is 19.4 Å². The van der Waals surface area contributed by atoms with E-state index in [9.17, 15) is 9.59 Å². The van der Waals surface area contributed by atoms with E-state index in [2.05, 4.69) is 16.9 Å². The highest BCUT2D eigenvalue weighted by Gasteiger charge is 2.40. The molecule has 0 bridgehead atoms. The van der Waals surface area contributed by atoms with Gasteiger partial charge in [-0.2, -0.15) is 0 Å². The third-order valence-electron chi connectivity index (χ3n) is 5.45. The third-order valence-corrected chi connectivity index (χ3v) is 5.45. The van der Waals surface area contributed by atoms with Crippen molar-refractivity contribution in [2.24, 2.45) is 0 Å². The first-order valence-corrected chi connectivity index (χ1v) is 9.36. The second-order valence-electron chi connectivity index (χ2n) is 7.36. The Morgan fingerprint density at radius 3 is 2.50 bits per heavy atom. The molecule has 7 heteroatoms. The molecule has 0 radical (unpaired) electrons. The minimum Gasteiger partial charge on any atom is -0.340 e. The van der Waals surface area contributed by atoms with E-state index in [0.29, 0.717) is 11.4 Å². The second-order valence-corrected chi connectivity index (χ2v) is 7.36. The van der Waals surface area contributed by atoms with E-state index in [1.54, 1.807) is 11.1 Å². The zero-order valence-electron chi connectivity index (χ0n) is 16.2. The molecule has 1 unspecified atom stereocenters. The number of nitrogens with zero attached hydrogens (tertiary/aromatic N) is 4. The summed E-state index contributed by atoms with van der Waals surface area (Å²) in [5.74, 6) is 0.603. The van der Waals surface area contributed by atoms with E-state index < -0.39 is 0 Å². The van der Waals surface area contributed by atoms with Crippen LogP contribution < -0.4 is 4.90 Å². The van der Waals surface area contributed by atoms with Gasteiger partial charge in [-0.05, 0) is 37.2 Å². The van der Waals surface area contributed by atoms with Crippen molar-refractivity contribution >= 4 is 30.0 Å². The molecule has 2 aliphatic rings. The largest absolute Gasteiger partial charge is 0.340 e. The fourth-order valence-corrected chi connectivity index (χ4v) is 3.81. The average Bonchev–Trinajstić information content (AvgIpc) is 2.95. The van der Waals surface area contributed by atoms with Crippen molar-refractivity contribution in [2.75, 3.05) is 38.1 Å². The first kappa shape index (κ1) is 20.3. The molecule has 0 aliphatic carbocycles. The van der Waals surface area contributed by atoms with Crippen LogP contribution in [0.1, 0.15) is 33.9 Å². The van der Waals surface area contributed by atoms with E-state index in [0.717, 1.165) is 37.3 Å². The zero-order chi connectivity index (χ0) is 19.0. The minimum atomic E-state index is -0.309. The molecule has 2 amide bonds. The van der Waals surface area contributed by atoms with Gasteiger partial charge in [0.05, 0.1) is 12.5 Å². The molecule has 0 spiro atoms. The summed E-state index contributed by atoms with van der Waals surface area (Å²) >= 11 is 0. The lowest BCUT2D eigenvalue weighted by Crippen LogP contribution is -2.47. The van der Waals surface area contributed by atoms with E-state index in [1.807, 2.05) is 48.2 Å². The van der Waals surface area contributed by atoms with E-state index >= 15 is 0 Å². The number of hydrogen-bond acceptors (Lipinski definition) is 4. The van der Waals surface area contributed by atoms with Crippen LogP contribution in [0.25, 0.3) is 0 Å². The Kier molecular flexibility index (Phi) is 6.01. The topological polar surface area (TPSA) is 56.8 Å². The first-order valence-electron chi connectivity index (χ1n) is 9.36. The van der Waals surface area contributed by atoms with E-state index in [1.165, 1.54) is 0 Å². The molecule has 1 aromatic heterocycles. The lowest BCUT2D eigenvalue weighted by atomic mass is 10.0. The summed E-state index contributed by atoms with van der Waals surface area (Å²) in [5.41, 5.74) is 2.61. The van der Waals surface area contributed by atoms with Crippen LogP contribution in [0.2, 0.25) is 0 Å². The Morgan fingerprint density at radius 1 is 1.11 bits per heavy atom. The highest BCUT2D eigenvalue weighted by molar-refractivity contribution is 6.11. The number of pyridine rings is 1. The molecule has 28 heavy (non-hydrogen) atoms. The Labute approximate surface area is 171 Å². The van der Waals surface area contributed by atoms with Crippen LogP contribution >= 0.6 is 12.4 Å². The molecule has 1 saturated heterocycles. The van der Waals surface area contributed by atoms with Gasteiger partial charge in [0.15, 0.2) is 0 Å². The number of aryl methyl sites for hydroxylation is 1. The number of amides is 2. The second kappa shape index (κ2) is 8.29. The van der Waals surface area contributed by atoms with Gasteiger partial charge >= 0.3 is 0 Å². The molecule has 4 rings (SSSR count). The van der Waals surface area contributed by atoms with Gasteiger partial charge in [0.2, 0.25) is 5.91 Å². The summed E-state index contributed by atoms with van der Waals surface area (Å²) in [6, 6.07) is 11.1. The number of benzene rings is 1. The lowest BCUT2D eigenvalue weighted by Gasteiger charge is -2.34. The summed E-state index contributed by atoms with van der Waals surface area (Å²) in [4.78, 5) is 36.3. The summed E-state index contributed by atoms with van der Waals surface area (Å²) in [6.45, 7) is 5.21. The predicted octanol–water partition coefficient (Wildman–Crippen LogP) is 2.68. The van der Waals surface area contributed by atoms with Gasteiger partial charge in [-0.3, -0.25) is 14.5 Å². The van der Waals surface area contributed by atoms with Gasteiger partial charge in [0.1, 0.15) is 5.82 Å². The van der Waals surface area contributed by atoms with E-state index in [-0.39, 0.29) is 36.7 Å². The molecular weight excluding hydrogens is 376 g/mol. The molecule has 0 saturated carbocycles. The molecule has 148 valence electrons. The molecule has 3 heterocycles. The third kappa shape index (κ3) is 3.75. The van der Waals surface area contributed by atoms with Crippen LogP contribution in [-0.4, -0.2) is 59.8 Å². The number of anilines is 1. The number of aromatic nitrogens is 1. The molecule has 6 nitrogen and oxygen atoms in total. The van der Waals surface area contributed by atoms with Crippen molar-refractivity contribution in [3.63, 3.8) is 0 Å². The summed E-state index contributed by atoms with van der Waals surface area (Å²) < 4.78 is 0. The molecule has 2 aromatic rings. The fourth-order valence-electron chi connectivity index (χ4n) is 3.81. The number of carbonyl (C=O) groups is 2. The zero-order valence-corrected chi connectivity index (χ0v) is 17.0. The minimum absolute atomic E-state index is 0. The number of piperazine rings is 1. The van der Waals surface area contributed by atoms with Crippen LogP contribution in [0.5, 0.6) is 0 Å². The van der Waals surface area contributed by atoms with Gasteiger partial charge < -0.3 is 9.80 Å². The van der Waals surface area contributed by atoms with Crippen molar-refractivity contribution in [3.8, 4) is 0 Å². The summed E-state index contributed by atoms with van der Waals surface area (Å²) in [7, 11) is 2.07. The number of likely N-dealkylation sites (N-methyl/N-ethyl adjacent to an activating group) is 1. The smallest absolute Gasteiger partial charge is 0.260 e. The number of rotatable bonds is 3. The maximum absolute atomic E-state index is 13.0. The highest BCUT2D eigenvalue weighted by Crippen LogP contribution is 2.39. The number of hydrogen-bond donors (Lipinski definition) is 0. The van der Waals surface area contributed by atoms with Gasteiger partial charge in [-0.15, -0.1) is 12.4 Å². The van der Waals surface area contributed by atoms with Crippen LogP contribution in [-0.2, 0) is 4.79 Å². The van der Waals surface area contributed by atoms with Gasteiger partial charge in [0.25, 0.3) is 5.91 Å². The molecule has 2 aliphatic heterocycles. The first-order chi connectivity index (χ1) is 13.0.